The molecule has 0 heterocycles. The van der Waals surface area contributed by atoms with Gasteiger partial charge in [0.1, 0.15) is 5.75 Å². The Bertz CT molecular complexity index is 647. The molecule has 0 saturated heterocycles. The molecule has 0 radical (unpaired) electrons. The zero-order chi connectivity index (χ0) is 16.7. The number of hydrogen-bond donors (Lipinski definition) is 1. The van der Waals surface area contributed by atoms with Gasteiger partial charge in [0.25, 0.3) is 0 Å². The SMILES string of the molecule is COc1ccc(Cl)cc1NC(=O)CCN(C)Cc1ccccc1. The number of halogens is 1. The average Bonchev–Trinajstić information content (AvgIpc) is 2.54. The molecule has 0 aliphatic heterocycles. The number of anilines is 1. The molecule has 1 amide bonds. The second-order valence-corrected chi connectivity index (χ2v) is 5.80. The van der Waals surface area contributed by atoms with Gasteiger partial charge in [-0.25, -0.2) is 0 Å². The Morgan fingerprint density at radius 1 is 1.22 bits per heavy atom. The summed E-state index contributed by atoms with van der Waals surface area (Å²) in [7, 11) is 3.56. The number of amides is 1. The summed E-state index contributed by atoms with van der Waals surface area (Å²) >= 11 is 5.96. The summed E-state index contributed by atoms with van der Waals surface area (Å²) in [5.74, 6) is 0.533. The molecule has 0 saturated carbocycles. The second-order valence-electron chi connectivity index (χ2n) is 5.37. The molecule has 2 aromatic rings. The molecule has 5 heteroatoms. The standard InChI is InChI=1S/C18H21ClN2O2/c1-21(13-14-6-4-3-5-7-14)11-10-18(22)20-16-12-15(19)8-9-17(16)23-2/h3-9,12H,10-11,13H2,1-2H3,(H,20,22). The fraction of sp³-hybridized carbons (Fsp3) is 0.278. The highest BCUT2D eigenvalue weighted by Gasteiger charge is 2.09. The summed E-state index contributed by atoms with van der Waals surface area (Å²) in [6.45, 7) is 1.48. The van der Waals surface area contributed by atoms with E-state index in [2.05, 4.69) is 22.3 Å². The van der Waals surface area contributed by atoms with Crippen molar-refractivity contribution in [3.05, 3.63) is 59.1 Å². The highest BCUT2D eigenvalue weighted by Crippen LogP contribution is 2.27. The first-order valence-corrected chi connectivity index (χ1v) is 7.82. The Labute approximate surface area is 142 Å². The van der Waals surface area contributed by atoms with Crippen LogP contribution in [0.2, 0.25) is 5.02 Å². The van der Waals surface area contributed by atoms with Crippen molar-refractivity contribution in [3.8, 4) is 5.75 Å². The number of benzene rings is 2. The Morgan fingerprint density at radius 2 is 1.96 bits per heavy atom. The van der Waals surface area contributed by atoms with Crippen LogP contribution in [0.4, 0.5) is 5.69 Å². The van der Waals surface area contributed by atoms with Gasteiger partial charge in [-0.1, -0.05) is 41.9 Å². The molecule has 4 nitrogen and oxygen atoms in total. The highest BCUT2D eigenvalue weighted by molar-refractivity contribution is 6.31. The van der Waals surface area contributed by atoms with Gasteiger partial charge in [-0.05, 0) is 30.8 Å². The Balaban J connectivity index is 1.84. The summed E-state index contributed by atoms with van der Waals surface area (Å²) in [5, 5.41) is 3.40. The van der Waals surface area contributed by atoms with Crippen molar-refractivity contribution >= 4 is 23.2 Å². The number of ether oxygens (including phenoxy) is 1. The number of nitrogens with zero attached hydrogens (tertiary/aromatic N) is 1. The van der Waals surface area contributed by atoms with Crippen molar-refractivity contribution in [2.45, 2.75) is 13.0 Å². The Hall–Kier alpha value is -2.04. The van der Waals surface area contributed by atoms with Crippen LogP contribution in [-0.2, 0) is 11.3 Å². The molecule has 0 aliphatic carbocycles. The van der Waals surface area contributed by atoms with Gasteiger partial charge in [-0.2, -0.15) is 0 Å². The van der Waals surface area contributed by atoms with E-state index in [0.717, 1.165) is 6.54 Å². The normalized spacial score (nSPS) is 10.6. The van der Waals surface area contributed by atoms with Crippen molar-refractivity contribution < 1.29 is 9.53 Å². The maximum Gasteiger partial charge on any atom is 0.225 e. The highest BCUT2D eigenvalue weighted by atomic mass is 35.5. The Morgan fingerprint density at radius 3 is 2.65 bits per heavy atom. The van der Waals surface area contributed by atoms with Crippen LogP contribution in [0.15, 0.2) is 48.5 Å². The summed E-state index contributed by atoms with van der Waals surface area (Å²) in [5.41, 5.74) is 1.82. The number of methoxy groups -OCH3 is 1. The van der Waals surface area contributed by atoms with Gasteiger partial charge in [0.15, 0.2) is 0 Å². The van der Waals surface area contributed by atoms with Crippen molar-refractivity contribution in [1.82, 2.24) is 4.90 Å². The molecule has 23 heavy (non-hydrogen) atoms. The number of hydrogen-bond acceptors (Lipinski definition) is 3. The van der Waals surface area contributed by atoms with E-state index in [0.29, 0.717) is 29.4 Å². The van der Waals surface area contributed by atoms with Crippen LogP contribution in [0.3, 0.4) is 0 Å². The van der Waals surface area contributed by atoms with E-state index in [4.69, 9.17) is 16.3 Å². The van der Waals surface area contributed by atoms with Crippen molar-refractivity contribution in [2.75, 3.05) is 26.0 Å². The largest absolute Gasteiger partial charge is 0.495 e. The van der Waals surface area contributed by atoms with Crippen LogP contribution in [-0.4, -0.2) is 31.5 Å². The third kappa shape index (κ3) is 5.58. The molecule has 0 atom stereocenters. The third-order valence-electron chi connectivity index (χ3n) is 3.45. The molecular weight excluding hydrogens is 312 g/mol. The topological polar surface area (TPSA) is 41.6 Å². The monoisotopic (exact) mass is 332 g/mol. The first-order chi connectivity index (χ1) is 11.1. The van der Waals surface area contributed by atoms with Crippen LogP contribution in [0.25, 0.3) is 0 Å². The molecule has 0 spiro atoms. The van der Waals surface area contributed by atoms with E-state index in [9.17, 15) is 4.79 Å². The van der Waals surface area contributed by atoms with E-state index in [1.807, 2.05) is 25.2 Å². The molecule has 2 aromatic carbocycles. The average molecular weight is 333 g/mol. The lowest BCUT2D eigenvalue weighted by atomic mass is 10.2. The number of rotatable bonds is 7. The minimum Gasteiger partial charge on any atom is -0.495 e. The van der Waals surface area contributed by atoms with Gasteiger partial charge in [-0.15, -0.1) is 0 Å². The molecule has 1 N–H and O–H groups in total. The number of nitrogens with one attached hydrogen (secondary N) is 1. The van der Waals surface area contributed by atoms with E-state index in [-0.39, 0.29) is 5.91 Å². The fourth-order valence-corrected chi connectivity index (χ4v) is 2.43. The third-order valence-corrected chi connectivity index (χ3v) is 3.69. The minimum atomic E-state index is -0.0644. The lowest BCUT2D eigenvalue weighted by Gasteiger charge is -2.17. The van der Waals surface area contributed by atoms with Gasteiger partial charge in [0, 0.05) is 24.5 Å². The lowest BCUT2D eigenvalue weighted by molar-refractivity contribution is -0.116. The fourth-order valence-electron chi connectivity index (χ4n) is 2.26. The molecule has 122 valence electrons. The molecule has 0 unspecified atom stereocenters. The van der Waals surface area contributed by atoms with Crippen molar-refractivity contribution in [3.63, 3.8) is 0 Å². The molecular formula is C18H21ClN2O2. The van der Waals surface area contributed by atoms with E-state index >= 15 is 0 Å². The molecule has 0 bridgehead atoms. The first kappa shape index (κ1) is 17.3. The van der Waals surface area contributed by atoms with Crippen LogP contribution in [0, 0.1) is 0 Å². The minimum absolute atomic E-state index is 0.0644. The molecule has 0 fully saturated rings. The predicted octanol–water partition coefficient (Wildman–Crippen LogP) is 3.81. The molecule has 0 aromatic heterocycles. The quantitative estimate of drug-likeness (QED) is 0.838. The zero-order valence-corrected chi connectivity index (χ0v) is 14.1. The van der Waals surface area contributed by atoms with Crippen LogP contribution < -0.4 is 10.1 Å². The summed E-state index contributed by atoms with van der Waals surface area (Å²) in [6, 6.07) is 15.3. The summed E-state index contributed by atoms with van der Waals surface area (Å²) in [6.07, 6.45) is 0.402. The summed E-state index contributed by atoms with van der Waals surface area (Å²) in [4.78, 5) is 14.2. The van der Waals surface area contributed by atoms with Crippen LogP contribution in [0.1, 0.15) is 12.0 Å². The summed E-state index contributed by atoms with van der Waals surface area (Å²) < 4.78 is 5.22. The lowest BCUT2D eigenvalue weighted by Crippen LogP contribution is -2.24. The smallest absolute Gasteiger partial charge is 0.225 e. The van der Waals surface area contributed by atoms with Gasteiger partial charge in [0.05, 0.1) is 12.8 Å². The van der Waals surface area contributed by atoms with Crippen LogP contribution in [0.5, 0.6) is 5.75 Å². The maximum atomic E-state index is 12.1. The number of carbonyl (C=O) groups excluding carboxylic acids is 1. The van der Waals surface area contributed by atoms with E-state index < -0.39 is 0 Å². The van der Waals surface area contributed by atoms with E-state index in [1.165, 1.54) is 5.56 Å². The zero-order valence-electron chi connectivity index (χ0n) is 13.4. The van der Waals surface area contributed by atoms with Gasteiger partial charge in [0.2, 0.25) is 5.91 Å². The molecule has 0 aliphatic rings. The van der Waals surface area contributed by atoms with Crippen molar-refractivity contribution in [2.24, 2.45) is 0 Å². The van der Waals surface area contributed by atoms with Gasteiger partial charge >= 0.3 is 0 Å². The van der Waals surface area contributed by atoms with Gasteiger partial charge < -0.3 is 15.0 Å². The first-order valence-electron chi connectivity index (χ1n) is 7.44. The maximum absolute atomic E-state index is 12.1. The van der Waals surface area contributed by atoms with Gasteiger partial charge in [-0.3, -0.25) is 4.79 Å². The second kappa shape index (κ2) is 8.56. The van der Waals surface area contributed by atoms with Crippen molar-refractivity contribution in [1.29, 1.82) is 0 Å². The molecule has 2 rings (SSSR count). The van der Waals surface area contributed by atoms with E-state index in [1.54, 1.807) is 25.3 Å². The van der Waals surface area contributed by atoms with Crippen LogP contribution >= 0.6 is 11.6 Å². The number of carbonyl (C=O) groups is 1. The predicted molar refractivity (Wildman–Crippen MR) is 94.0 cm³/mol. The Kier molecular flexibility index (Phi) is 6.44.